The number of nitrogens with zero attached hydrogens (tertiary/aromatic N) is 1. The molecule has 4 nitrogen and oxygen atoms in total. The third kappa shape index (κ3) is 3.59. The van der Waals surface area contributed by atoms with Gasteiger partial charge in [-0.1, -0.05) is 48.5 Å². The van der Waals surface area contributed by atoms with Gasteiger partial charge in [0, 0.05) is 11.1 Å². The van der Waals surface area contributed by atoms with Crippen molar-refractivity contribution in [3.8, 4) is 0 Å². The summed E-state index contributed by atoms with van der Waals surface area (Å²) in [7, 11) is 2.02. The maximum absolute atomic E-state index is 12.5. The van der Waals surface area contributed by atoms with E-state index in [-0.39, 0.29) is 5.91 Å². The standard InChI is InChI=1S/C21H19N3OS/c1-24(14-21-23-18-10-4-5-12-19(18)26-21)13-20(25)22-17-11-6-8-15-7-2-3-9-16(15)17/h2-12H,13-14H2,1H3,(H,22,25)/p+1. The lowest BCUT2D eigenvalue weighted by molar-refractivity contribution is -0.885. The van der Waals surface area contributed by atoms with E-state index in [1.54, 1.807) is 11.3 Å². The summed E-state index contributed by atoms with van der Waals surface area (Å²) in [6.07, 6.45) is 0. The summed E-state index contributed by atoms with van der Waals surface area (Å²) < 4.78 is 1.19. The number of benzene rings is 3. The summed E-state index contributed by atoms with van der Waals surface area (Å²) in [5.41, 5.74) is 1.89. The number of thiazole rings is 1. The van der Waals surface area contributed by atoms with Crippen LogP contribution in [0.2, 0.25) is 0 Å². The molecule has 0 fully saturated rings. The highest BCUT2D eigenvalue weighted by Gasteiger charge is 2.14. The van der Waals surface area contributed by atoms with E-state index in [0.29, 0.717) is 6.54 Å². The third-order valence-corrected chi connectivity index (χ3v) is 5.35. The Morgan fingerprint density at radius 2 is 1.81 bits per heavy atom. The van der Waals surface area contributed by atoms with E-state index in [0.717, 1.165) is 38.4 Å². The molecule has 0 aliphatic heterocycles. The summed E-state index contributed by atoms with van der Waals surface area (Å²) in [4.78, 5) is 18.2. The summed E-state index contributed by atoms with van der Waals surface area (Å²) in [6.45, 7) is 1.14. The Kier molecular flexibility index (Phi) is 4.65. The molecule has 5 heteroatoms. The third-order valence-electron chi connectivity index (χ3n) is 4.32. The average Bonchev–Trinajstić information content (AvgIpc) is 3.04. The van der Waals surface area contributed by atoms with Gasteiger partial charge in [-0.3, -0.25) is 4.79 Å². The van der Waals surface area contributed by atoms with Crippen LogP contribution in [0.1, 0.15) is 5.01 Å². The second-order valence-corrected chi connectivity index (χ2v) is 7.58. The predicted octanol–water partition coefficient (Wildman–Crippen LogP) is 3.10. The number of hydrogen-bond donors (Lipinski definition) is 2. The van der Waals surface area contributed by atoms with Crippen LogP contribution in [0.5, 0.6) is 0 Å². The number of likely N-dealkylation sites (N-methyl/N-ethyl adjacent to an activating group) is 1. The fourth-order valence-electron chi connectivity index (χ4n) is 3.12. The Bertz CT molecular complexity index is 1030. The molecule has 1 amide bonds. The van der Waals surface area contributed by atoms with Crippen LogP contribution in [0, 0.1) is 0 Å². The van der Waals surface area contributed by atoms with Gasteiger partial charge in [0.2, 0.25) is 0 Å². The number of aromatic nitrogens is 1. The summed E-state index contributed by atoms with van der Waals surface area (Å²) in [6, 6.07) is 22.2. The first-order valence-corrected chi connectivity index (χ1v) is 9.44. The van der Waals surface area contributed by atoms with E-state index >= 15 is 0 Å². The number of rotatable bonds is 5. The molecule has 1 aromatic heterocycles. The van der Waals surface area contributed by atoms with E-state index < -0.39 is 0 Å². The lowest BCUT2D eigenvalue weighted by Crippen LogP contribution is -3.08. The van der Waals surface area contributed by atoms with Crippen LogP contribution in [-0.2, 0) is 11.3 Å². The first-order valence-electron chi connectivity index (χ1n) is 8.62. The van der Waals surface area contributed by atoms with Gasteiger partial charge >= 0.3 is 0 Å². The quantitative estimate of drug-likeness (QED) is 0.573. The molecule has 0 aliphatic carbocycles. The highest BCUT2D eigenvalue weighted by Crippen LogP contribution is 2.23. The van der Waals surface area contributed by atoms with Gasteiger partial charge in [0.1, 0.15) is 11.6 Å². The normalized spacial score (nSPS) is 12.3. The van der Waals surface area contributed by atoms with E-state index in [1.165, 1.54) is 4.70 Å². The second-order valence-electron chi connectivity index (χ2n) is 6.46. The first kappa shape index (κ1) is 16.7. The number of amides is 1. The SMILES string of the molecule is C[NH+](CC(=O)Nc1cccc2ccccc12)Cc1nc2ccccc2s1. The molecule has 1 heterocycles. The topological polar surface area (TPSA) is 46.4 Å². The molecule has 0 saturated heterocycles. The number of nitrogens with one attached hydrogen (secondary N) is 2. The van der Waals surface area contributed by atoms with Crippen molar-refractivity contribution in [3.63, 3.8) is 0 Å². The number of carbonyl (C=O) groups is 1. The Morgan fingerprint density at radius 1 is 1.04 bits per heavy atom. The lowest BCUT2D eigenvalue weighted by atomic mass is 10.1. The molecular formula is C21H20N3OS+. The zero-order chi connectivity index (χ0) is 17.9. The number of hydrogen-bond acceptors (Lipinski definition) is 3. The van der Waals surface area contributed by atoms with Gasteiger partial charge in [-0.25, -0.2) is 4.98 Å². The molecule has 1 unspecified atom stereocenters. The number of fused-ring (bicyclic) bond motifs is 2. The van der Waals surface area contributed by atoms with Gasteiger partial charge in [-0.2, -0.15) is 0 Å². The van der Waals surface area contributed by atoms with Crippen molar-refractivity contribution in [2.24, 2.45) is 0 Å². The van der Waals surface area contributed by atoms with E-state index in [1.807, 2.05) is 55.6 Å². The molecule has 26 heavy (non-hydrogen) atoms. The number of anilines is 1. The molecule has 1 atom stereocenters. The number of para-hydroxylation sites is 1. The maximum atomic E-state index is 12.5. The molecule has 0 spiro atoms. The van der Waals surface area contributed by atoms with Gasteiger partial charge in [0.15, 0.2) is 6.54 Å². The molecule has 2 N–H and O–H groups in total. The van der Waals surface area contributed by atoms with Gasteiger partial charge < -0.3 is 10.2 Å². The summed E-state index contributed by atoms with van der Waals surface area (Å²) in [5, 5.41) is 6.30. The minimum Gasteiger partial charge on any atom is -0.324 e. The minimum absolute atomic E-state index is 0.0139. The van der Waals surface area contributed by atoms with Crippen LogP contribution in [0.3, 0.4) is 0 Å². The van der Waals surface area contributed by atoms with Crippen LogP contribution in [0.4, 0.5) is 5.69 Å². The van der Waals surface area contributed by atoms with Crippen molar-refractivity contribution >= 4 is 43.9 Å². The number of quaternary nitrogens is 1. The molecule has 0 saturated carbocycles. The Hall–Kier alpha value is -2.76. The van der Waals surface area contributed by atoms with Crippen LogP contribution >= 0.6 is 11.3 Å². The largest absolute Gasteiger partial charge is 0.324 e. The zero-order valence-electron chi connectivity index (χ0n) is 14.5. The van der Waals surface area contributed by atoms with E-state index in [9.17, 15) is 4.79 Å². The summed E-state index contributed by atoms with van der Waals surface area (Å²) in [5.74, 6) is 0.0139. The van der Waals surface area contributed by atoms with Crippen LogP contribution in [0.15, 0.2) is 66.7 Å². The van der Waals surface area contributed by atoms with Crippen molar-refractivity contribution in [1.29, 1.82) is 0 Å². The molecule has 0 bridgehead atoms. The molecule has 4 rings (SSSR count). The smallest absolute Gasteiger partial charge is 0.279 e. The van der Waals surface area contributed by atoms with Crippen molar-refractivity contribution in [1.82, 2.24) is 4.98 Å². The Morgan fingerprint density at radius 3 is 2.69 bits per heavy atom. The summed E-state index contributed by atoms with van der Waals surface area (Å²) >= 11 is 1.69. The van der Waals surface area contributed by atoms with Gasteiger partial charge in [-0.05, 0) is 23.6 Å². The molecule has 130 valence electrons. The Balaban J connectivity index is 1.42. The monoisotopic (exact) mass is 362 g/mol. The van der Waals surface area contributed by atoms with Gasteiger partial charge in [0.25, 0.3) is 5.91 Å². The van der Waals surface area contributed by atoms with Crippen LogP contribution < -0.4 is 10.2 Å². The molecular weight excluding hydrogens is 342 g/mol. The highest BCUT2D eigenvalue weighted by molar-refractivity contribution is 7.18. The van der Waals surface area contributed by atoms with Crippen LogP contribution in [-0.4, -0.2) is 24.5 Å². The van der Waals surface area contributed by atoms with Crippen molar-refractivity contribution in [2.75, 3.05) is 18.9 Å². The molecule has 4 aromatic rings. The predicted molar refractivity (Wildman–Crippen MR) is 108 cm³/mol. The zero-order valence-corrected chi connectivity index (χ0v) is 15.3. The van der Waals surface area contributed by atoms with Crippen molar-refractivity contribution in [3.05, 3.63) is 71.7 Å². The minimum atomic E-state index is 0.0139. The lowest BCUT2D eigenvalue weighted by Gasteiger charge is -2.13. The highest BCUT2D eigenvalue weighted by atomic mass is 32.1. The Labute approximate surface area is 156 Å². The molecule has 3 aromatic carbocycles. The average molecular weight is 362 g/mol. The number of carbonyl (C=O) groups excluding carboxylic acids is 1. The molecule has 0 aliphatic rings. The van der Waals surface area contributed by atoms with E-state index in [4.69, 9.17) is 0 Å². The van der Waals surface area contributed by atoms with Crippen molar-refractivity contribution < 1.29 is 9.69 Å². The fraction of sp³-hybridized carbons (Fsp3) is 0.143. The first-order chi connectivity index (χ1) is 12.7. The second kappa shape index (κ2) is 7.23. The van der Waals surface area contributed by atoms with E-state index in [2.05, 4.69) is 28.5 Å². The van der Waals surface area contributed by atoms with Gasteiger partial charge in [0.05, 0.1) is 17.3 Å². The maximum Gasteiger partial charge on any atom is 0.279 e. The van der Waals surface area contributed by atoms with Gasteiger partial charge in [-0.15, -0.1) is 11.3 Å². The molecule has 0 radical (unpaired) electrons. The van der Waals surface area contributed by atoms with Crippen molar-refractivity contribution in [2.45, 2.75) is 6.54 Å². The fourth-order valence-corrected chi connectivity index (χ4v) is 4.20. The van der Waals surface area contributed by atoms with Crippen LogP contribution in [0.25, 0.3) is 21.0 Å².